The number of carboxylic acids is 1. The number of aliphatic hydroxyl groups excluding tert-OH is 1. The van der Waals surface area contributed by atoms with E-state index in [2.05, 4.69) is 4.98 Å². The number of aromatic carboxylic acids is 1. The van der Waals surface area contributed by atoms with Gasteiger partial charge in [0.15, 0.2) is 5.58 Å². The second-order valence-corrected chi connectivity index (χ2v) is 3.79. The first kappa shape index (κ1) is 12.4. The molecule has 0 spiro atoms. The smallest absolute Gasteiger partial charge is 0.335 e. The van der Waals surface area contributed by atoms with Gasteiger partial charge in [-0.2, -0.15) is 4.98 Å². The Hall–Kier alpha value is -2.08. The maximum Gasteiger partial charge on any atom is 0.335 e. The number of hydrogen-bond acceptors (Lipinski definition) is 5. The molecule has 1 heterocycles. The molecule has 0 amide bonds. The molecule has 0 aliphatic heterocycles. The molecule has 0 radical (unpaired) electrons. The molecule has 2 N–H and O–H groups in total. The molecule has 1 aromatic carbocycles. The maximum absolute atomic E-state index is 10.8. The van der Waals surface area contributed by atoms with Crippen LogP contribution in [-0.4, -0.2) is 40.9 Å². The molecule has 0 aliphatic rings. The molecule has 6 heteroatoms. The lowest BCUT2D eigenvalue weighted by Crippen LogP contribution is -2.26. The Labute approximate surface area is 103 Å². The number of aromatic nitrogens is 1. The first-order valence-electron chi connectivity index (χ1n) is 5.65. The zero-order valence-corrected chi connectivity index (χ0v) is 9.96. The van der Waals surface area contributed by atoms with E-state index in [-0.39, 0.29) is 12.2 Å². The Bertz CT molecular complexity index is 564. The third kappa shape index (κ3) is 2.28. The predicted molar refractivity (Wildman–Crippen MR) is 65.9 cm³/mol. The number of likely N-dealkylation sites (N-methyl/N-ethyl adjacent to an activating group) is 1. The minimum atomic E-state index is -1.00. The fraction of sp³-hybridized carbons (Fsp3) is 0.333. The van der Waals surface area contributed by atoms with E-state index in [1.807, 2.05) is 6.92 Å². The Kier molecular flexibility index (Phi) is 3.47. The van der Waals surface area contributed by atoms with Gasteiger partial charge in [-0.05, 0) is 25.1 Å². The molecule has 0 saturated carbocycles. The number of anilines is 1. The average molecular weight is 250 g/mol. The summed E-state index contributed by atoms with van der Waals surface area (Å²) in [6, 6.07) is 4.93. The Morgan fingerprint density at radius 3 is 2.89 bits per heavy atom. The molecule has 1 aromatic heterocycles. The van der Waals surface area contributed by atoms with Crippen LogP contribution >= 0.6 is 0 Å². The van der Waals surface area contributed by atoms with Crippen LogP contribution in [0.3, 0.4) is 0 Å². The van der Waals surface area contributed by atoms with Gasteiger partial charge < -0.3 is 19.5 Å². The van der Waals surface area contributed by atoms with Crippen LogP contribution in [0.1, 0.15) is 17.3 Å². The van der Waals surface area contributed by atoms with E-state index in [9.17, 15) is 4.79 Å². The lowest BCUT2D eigenvalue weighted by molar-refractivity contribution is 0.0697. The Morgan fingerprint density at radius 2 is 2.28 bits per heavy atom. The molecule has 0 aliphatic carbocycles. The molecular formula is C12H14N2O4. The number of fused-ring (bicyclic) bond motifs is 1. The highest BCUT2D eigenvalue weighted by Gasteiger charge is 2.13. The van der Waals surface area contributed by atoms with Gasteiger partial charge in [-0.25, -0.2) is 4.79 Å². The number of rotatable bonds is 5. The van der Waals surface area contributed by atoms with Gasteiger partial charge in [-0.15, -0.1) is 0 Å². The highest BCUT2D eigenvalue weighted by atomic mass is 16.4. The minimum absolute atomic E-state index is 0.00689. The van der Waals surface area contributed by atoms with Crippen LogP contribution in [0.2, 0.25) is 0 Å². The summed E-state index contributed by atoms with van der Waals surface area (Å²) in [4.78, 5) is 16.9. The monoisotopic (exact) mass is 250 g/mol. The molecule has 18 heavy (non-hydrogen) atoms. The summed E-state index contributed by atoms with van der Waals surface area (Å²) in [7, 11) is 0. The van der Waals surface area contributed by atoms with Gasteiger partial charge in [0.1, 0.15) is 5.52 Å². The van der Waals surface area contributed by atoms with Crippen molar-refractivity contribution in [2.45, 2.75) is 6.92 Å². The molecule has 0 saturated heterocycles. The van der Waals surface area contributed by atoms with E-state index in [0.717, 1.165) is 0 Å². The quantitative estimate of drug-likeness (QED) is 0.832. The summed E-state index contributed by atoms with van der Waals surface area (Å²) in [5.74, 6) is -1.00. The molecule has 0 atom stereocenters. The first-order valence-corrected chi connectivity index (χ1v) is 5.65. The third-order valence-corrected chi connectivity index (χ3v) is 2.65. The zero-order valence-electron chi connectivity index (χ0n) is 9.96. The number of oxazole rings is 1. The minimum Gasteiger partial charge on any atom is -0.478 e. The van der Waals surface area contributed by atoms with E-state index >= 15 is 0 Å². The predicted octanol–water partition coefficient (Wildman–Crippen LogP) is 1.34. The van der Waals surface area contributed by atoms with Crippen molar-refractivity contribution in [3.8, 4) is 0 Å². The van der Waals surface area contributed by atoms with Crippen LogP contribution in [-0.2, 0) is 0 Å². The standard InChI is InChI=1S/C12H14N2O4/c1-2-14(5-6-15)12-13-9-4-3-8(11(16)17)7-10(9)18-12/h3-4,7,15H,2,5-6H2,1H3,(H,16,17). The third-order valence-electron chi connectivity index (χ3n) is 2.65. The van der Waals surface area contributed by atoms with Gasteiger partial charge in [0.25, 0.3) is 6.01 Å². The summed E-state index contributed by atoms with van der Waals surface area (Å²) >= 11 is 0. The van der Waals surface area contributed by atoms with Gasteiger partial charge >= 0.3 is 5.97 Å². The van der Waals surface area contributed by atoms with E-state index in [1.54, 1.807) is 11.0 Å². The van der Waals surface area contributed by atoms with Gasteiger partial charge in [0, 0.05) is 13.1 Å². The van der Waals surface area contributed by atoms with Crippen LogP contribution in [0.5, 0.6) is 0 Å². The van der Waals surface area contributed by atoms with Gasteiger partial charge in [-0.1, -0.05) is 0 Å². The van der Waals surface area contributed by atoms with Crippen molar-refractivity contribution in [2.75, 3.05) is 24.6 Å². The number of benzene rings is 1. The van der Waals surface area contributed by atoms with Crippen molar-refractivity contribution in [1.29, 1.82) is 0 Å². The number of aliphatic hydroxyl groups is 1. The second kappa shape index (κ2) is 5.05. The topological polar surface area (TPSA) is 86.8 Å². The number of nitrogens with zero attached hydrogens (tertiary/aromatic N) is 2. The Morgan fingerprint density at radius 1 is 1.50 bits per heavy atom. The van der Waals surface area contributed by atoms with Crippen LogP contribution in [0, 0.1) is 0 Å². The SMILES string of the molecule is CCN(CCO)c1nc2ccc(C(=O)O)cc2o1. The van der Waals surface area contributed by atoms with Gasteiger partial charge in [0.2, 0.25) is 0 Å². The summed E-state index contributed by atoms with van der Waals surface area (Å²) in [6.45, 7) is 3.01. The summed E-state index contributed by atoms with van der Waals surface area (Å²) in [5.41, 5.74) is 1.20. The van der Waals surface area contributed by atoms with E-state index in [1.165, 1.54) is 12.1 Å². The van der Waals surface area contributed by atoms with Crippen molar-refractivity contribution in [3.05, 3.63) is 23.8 Å². The first-order chi connectivity index (χ1) is 8.65. The van der Waals surface area contributed by atoms with Crippen LogP contribution in [0.25, 0.3) is 11.1 Å². The van der Waals surface area contributed by atoms with Crippen molar-refractivity contribution >= 4 is 23.1 Å². The van der Waals surface area contributed by atoms with Crippen molar-refractivity contribution in [2.24, 2.45) is 0 Å². The van der Waals surface area contributed by atoms with Crippen molar-refractivity contribution < 1.29 is 19.4 Å². The van der Waals surface area contributed by atoms with Gasteiger partial charge in [-0.3, -0.25) is 0 Å². The Balaban J connectivity index is 2.40. The van der Waals surface area contributed by atoms with E-state index in [4.69, 9.17) is 14.6 Å². The van der Waals surface area contributed by atoms with Crippen LogP contribution < -0.4 is 4.90 Å². The second-order valence-electron chi connectivity index (χ2n) is 3.79. The number of hydrogen-bond donors (Lipinski definition) is 2. The zero-order chi connectivity index (χ0) is 13.1. The molecule has 96 valence electrons. The fourth-order valence-electron chi connectivity index (χ4n) is 1.69. The van der Waals surface area contributed by atoms with E-state index < -0.39 is 5.97 Å². The summed E-state index contributed by atoms with van der Waals surface area (Å²) in [5, 5.41) is 17.8. The fourth-order valence-corrected chi connectivity index (χ4v) is 1.69. The molecule has 6 nitrogen and oxygen atoms in total. The van der Waals surface area contributed by atoms with E-state index in [0.29, 0.717) is 30.2 Å². The van der Waals surface area contributed by atoms with Gasteiger partial charge in [0.05, 0.1) is 12.2 Å². The highest BCUT2D eigenvalue weighted by Crippen LogP contribution is 2.22. The van der Waals surface area contributed by atoms with Crippen LogP contribution in [0.4, 0.5) is 6.01 Å². The lowest BCUT2D eigenvalue weighted by atomic mass is 10.2. The molecule has 2 rings (SSSR count). The molecular weight excluding hydrogens is 236 g/mol. The number of carboxylic acid groups (broad SMARTS) is 1. The average Bonchev–Trinajstić information content (AvgIpc) is 2.78. The lowest BCUT2D eigenvalue weighted by Gasteiger charge is -2.16. The molecule has 0 bridgehead atoms. The largest absolute Gasteiger partial charge is 0.478 e. The molecule has 0 fully saturated rings. The molecule has 0 unspecified atom stereocenters. The van der Waals surface area contributed by atoms with Crippen molar-refractivity contribution in [1.82, 2.24) is 4.98 Å². The van der Waals surface area contributed by atoms with Crippen molar-refractivity contribution in [3.63, 3.8) is 0 Å². The normalized spacial score (nSPS) is 10.8. The number of carbonyl (C=O) groups is 1. The highest BCUT2D eigenvalue weighted by molar-refractivity contribution is 5.92. The summed E-state index contributed by atoms with van der Waals surface area (Å²) in [6.07, 6.45) is 0. The maximum atomic E-state index is 10.8. The molecule has 2 aromatic rings. The summed E-state index contributed by atoms with van der Waals surface area (Å²) < 4.78 is 5.50. The van der Waals surface area contributed by atoms with Crippen LogP contribution in [0.15, 0.2) is 22.6 Å².